The van der Waals surface area contributed by atoms with Crippen molar-refractivity contribution in [1.29, 1.82) is 0 Å². The molecule has 3 atom stereocenters. The summed E-state index contributed by atoms with van der Waals surface area (Å²) in [7, 11) is 0. The summed E-state index contributed by atoms with van der Waals surface area (Å²) in [5.74, 6) is 0.0842. The topological polar surface area (TPSA) is 58.5 Å². The van der Waals surface area contributed by atoms with Crippen LogP contribution in [0.4, 0.5) is 10.2 Å². The molecule has 1 N–H and O–H groups in total. The molecular weight excluding hydrogens is 273 g/mol. The molecule has 0 aliphatic carbocycles. The largest absolute Gasteiger partial charge is 0.393 e. The van der Waals surface area contributed by atoms with Gasteiger partial charge in [-0.15, -0.1) is 0 Å². The predicted molar refractivity (Wildman–Crippen MR) is 76.7 cm³/mol. The van der Waals surface area contributed by atoms with Crippen molar-refractivity contribution >= 4 is 5.82 Å². The van der Waals surface area contributed by atoms with Crippen LogP contribution in [0.25, 0.3) is 0 Å². The molecular formula is C15H22FN3O2. The van der Waals surface area contributed by atoms with E-state index in [1.54, 1.807) is 0 Å². The van der Waals surface area contributed by atoms with Gasteiger partial charge in [-0.1, -0.05) is 6.92 Å². The number of hydrogen-bond acceptors (Lipinski definition) is 5. The van der Waals surface area contributed by atoms with E-state index in [0.29, 0.717) is 37.6 Å². The Morgan fingerprint density at radius 1 is 1.43 bits per heavy atom. The number of aryl methyl sites for hydroxylation is 1. The molecule has 2 aliphatic rings. The fraction of sp³-hybridized carbons (Fsp3) is 0.733. The first kappa shape index (κ1) is 14.7. The van der Waals surface area contributed by atoms with Crippen molar-refractivity contribution in [3.8, 4) is 0 Å². The van der Waals surface area contributed by atoms with E-state index >= 15 is 0 Å². The average molecular weight is 295 g/mol. The minimum atomic E-state index is -0.375. The van der Waals surface area contributed by atoms with Crippen LogP contribution in [0.1, 0.15) is 31.9 Å². The predicted octanol–water partition coefficient (Wildman–Crippen LogP) is 1.54. The number of aromatic nitrogens is 2. The molecule has 1 aromatic heterocycles. The second kappa shape index (κ2) is 6.23. The van der Waals surface area contributed by atoms with Crippen LogP contribution >= 0.6 is 0 Å². The number of anilines is 1. The van der Waals surface area contributed by atoms with E-state index in [4.69, 9.17) is 4.74 Å². The molecule has 1 aromatic rings. The lowest BCUT2D eigenvalue weighted by molar-refractivity contribution is -0.0438. The number of aliphatic hydroxyl groups excluding tert-OH is 1. The van der Waals surface area contributed by atoms with E-state index in [1.165, 1.54) is 6.33 Å². The third-order valence-corrected chi connectivity index (χ3v) is 4.61. The van der Waals surface area contributed by atoms with E-state index in [9.17, 15) is 9.50 Å². The van der Waals surface area contributed by atoms with Crippen molar-refractivity contribution in [2.24, 2.45) is 5.92 Å². The molecule has 0 bridgehead atoms. The molecule has 2 fully saturated rings. The Morgan fingerprint density at radius 3 is 3.05 bits per heavy atom. The van der Waals surface area contributed by atoms with E-state index in [0.717, 1.165) is 19.4 Å². The zero-order valence-corrected chi connectivity index (χ0v) is 12.3. The summed E-state index contributed by atoms with van der Waals surface area (Å²) in [5.41, 5.74) is 0.450. The minimum absolute atomic E-state index is 0.0284. The molecule has 0 spiro atoms. The maximum absolute atomic E-state index is 14.5. The quantitative estimate of drug-likeness (QED) is 0.917. The van der Waals surface area contributed by atoms with Crippen LogP contribution in [0.2, 0.25) is 0 Å². The summed E-state index contributed by atoms with van der Waals surface area (Å²) < 4.78 is 20.0. The number of rotatable bonds is 3. The Kier molecular flexibility index (Phi) is 4.35. The molecule has 5 nitrogen and oxygen atoms in total. The molecule has 0 aromatic carbocycles. The number of ether oxygens (including phenoxy) is 1. The lowest BCUT2D eigenvalue weighted by Crippen LogP contribution is -2.46. The first-order valence-electron chi connectivity index (χ1n) is 7.74. The van der Waals surface area contributed by atoms with Gasteiger partial charge in [0.2, 0.25) is 0 Å². The normalized spacial score (nSPS) is 29.9. The zero-order chi connectivity index (χ0) is 14.8. The zero-order valence-electron chi connectivity index (χ0n) is 12.3. The summed E-state index contributed by atoms with van der Waals surface area (Å²) in [6, 6.07) is 0.0920. The van der Waals surface area contributed by atoms with Gasteiger partial charge in [0, 0.05) is 25.1 Å². The van der Waals surface area contributed by atoms with E-state index in [2.05, 4.69) is 9.97 Å². The Hall–Kier alpha value is -1.27. The van der Waals surface area contributed by atoms with Gasteiger partial charge < -0.3 is 14.7 Å². The van der Waals surface area contributed by atoms with Crippen molar-refractivity contribution < 1.29 is 14.2 Å². The van der Waals surface area contributed by atoms with Gasteiger partial charge in [-0.2, -0.15) is 0 Å². The molecule has 21 heavy (non-hydrogen) atoms. The van der Waals surface area contributed by atoms with Crippen LogP contribution < -0.4 is 4.90 Å². The van der Waals surface area contributed by atoms with E-state index in [1.807, 2.05) is 11.8 Å². The molecule has 0 amide bonds. The first-order chi connectivity index (χ1) is 10.2. The van der Waals surface area contributed by atoms with Gasteiger partial charge in [0.25, 0.3) is 0 Å². The highest BCUT2D eigenvalue weighted by atomic mass is 19.1. The summed E-state index contributed by atoms with van der Waals surface area (Å²) in [6.07, 6.45) is 4.19. The highest BCUT2D eigenvalue weighted by molar-refractivity contribution is 5.43. The smallest absolute Gasteiger partial charge is 0.187 e. The summed E-state index contributed by atoms with van der Waals surface area (Å²) in [4.78, 5) is 10.1. The number of halogens is 1. The maximum Gasteiger partial charge on any atom is 0.187 e. The molecule has 2 saturated heterocycles. The van der Waals surface area contributed by atoms with Gasteiger partial charge >= 0.3 is 0 Å². The number of nitrogens with zero attached hydrogens (tertiary/aromatic N) is 3. The molecule has 116 valence electrons. The monoisotopic (exact) mass is 295 g/mol. The number of aliphatic hydroxyl groups is 1. The molecule has 3 unspecified atom stereocenters. The van der Waals surface area contributed by atoms with Crippen molar-refractivity contribution in [3.63, 3.8) is 0 Å². The molecule has 3 heterocycles. The fourth-order valence-corrected chi connectivity index (χ4v) is 3.46. The van der Waals surface area contributed by atoms with Crippen LogP contribution in [0.3, 0.4) is 0 Å². The average Bonchev–Trinajstić information content (AvgIpc) is 2.97. The van der Waals surface area contributed by atoms with Crippen molar-refractivity contribution in [3.05, 3.63) is 17.8 Å². The van der Waals surface area contributed by atoms with Gasteiger partial charge in [-0.05, 0) is 25.7 Å². The van der Waals surface area contributed by atoms with Crippen LogP contribution in [-0.2, 0) is 11.2 Å². The van der Waals surface area contributed by atoms with E-state index < -0.39 is 0 Å². The van der Waals surface area contributed by atoms with Gasteiger partial charge in [0.05, 0.1) is 18.4 Å². The molecule has 3 rings (SSSR count). The summed E-state index contributed by atoms with van der Waals surface area (Å²) >= 11 is 0. The first-order valence-corrected chi connectivity index (χ1v) is 7.74. The standard InChI is InChI=1S/C15H22FN3O2/c1-2-11-14(16)15(18-9-17-11)19-6-3-4-12(19)10-8-21-7-5-13(10)20/h9-10,12-13,20H,2-8H2,1H3. The van der Waals surface area contributed by atoms with Crippen molar-refractivity contribution in [1.82, 2.24) is 9.97 Å². The van der Waals surface area contributed by atoms with Crippen LogP contribution in [0.15, 0.2) is 6.33 Å². The van der Waals surface area contributed by atoms with Crippen LogP contribution in [0.5, 0.6) is 0 Å². The SMILES string of the molecule is CCc1ncnc(N2CCCC2C2COCCC2O)c1F. The van der Waals surface area contributed by atoms with Gasteiger partial charge in [0.15, 0.2) is 11.6 Å². The highest BCUT2D eigenvalue weighted by Crippen LogP contribution is 2.34. The lowest BCUT2D eigenvalue weighted by Gasteiger charge is -2.37. The fourth-order valence-electron chi connectivity index (χ4n) is 3.46. The minimum Gasteiger partial charge on any atom is -0.393 e. The maximum atomic E-state index is 14.5. The third kappa shape index (κ3) is 2.74. The molecule has 6 heteroatoms. The number of hydrogen-bond donors (Lipinski definition) is 1. The molecule has 0 saturated carbocycles. The van der Waals surface area contributed by atoms with Crippen LogP contribution in [-0.4, -0.2) is 47.0 Å². The Balaban J connectivity index is 1.87. The van der Waals surface area contributed by atoms with Gasteiger partial charge in [-0.3, -0.25) is 0 Å². The third-order valence-electron chi connectivity index (χ3n) is 4.61. The van der Waals surface area contributed by atoms with Crippen molar-refractivity contribution in [2.45, 2.75) is 44.8 Å². The summed E-state index contributed by atoms with van der Waals surface area (Å²) in [6.45, 7) is 3.79. The second-order valence-corrected chi connectivity index (χ2v) is 5.81. The highest BCUT2D eigenvalue weighted by Gasteiger charge is 2.39. The van der Waals surface area contributed by atoms with E-state index in [-0.39, 0.29) is 23.9 Å². The van der Waals surface area contributed by atoms with Gasteiger partial charge in [-0.25, -0.2) is 14.4 Å². The Bertz CT molecular complexity index is 500. The Labute approximate surface area is 124 Å². The van der Waals surface area contributed by atoms with Gasteiger partial charge in [0.1, 0.15) is 6.33 Å². The van der Waals surface area contributed by atoms with Crippen LogP contribution in [0, 0.1) is 11.7 Å². The lowest BCUT2D eigenvalue weighted by atomic mass is 9.89. The Morgan fingerprint density at radius 2 is 2.29 bits per heavy atom. The molecule has 0 radical (unpaired) electrons. The second-order valence-electron chi connectivity index (χ2n) is 5.81. The van der Waals surface area contributed by atoms with Crippen molar-refractivity contribution in [2.75, 3.05) is 24.7 Å². The summed E-state index contributed by atoms with van der Waals surface area (Å²) in [5, 5.41) is 10.2. The molecule has 2 aliphatic heterocycles.